The smallest absolute Gasteiger partial charge is 0.301 e. The summed E-state index contributed by atoms with van der Waals surface area (Å²) in [5.41, 5.74) is 17.5. The lowest BCUT2D eigenvalue weighted by Gasteiger charge is -2.50. The molecular formula is C20H24N10O5S3. The maximum Gasteiger partial charge on any atom is 0.301 e. The van der Waals surface area contributed by atoms with E-state index >= 15 is 0 Å². The minimum absolute atomic E-state index is 0.0579. The van der Waals surface area contributed by atoms with Crippen LogP contribution in [0.2, 0.25) is 0 Å². The van der Waals surface area contributed by atoms with Crippen LogP contribution in [0, 0.1) is 0 Å². The van der Waals surface area contributed by atoms with Gasteiger partial charge in [-0.05, 0) is 23.8 Å². The zero-order valence-electron chi connectivity index (χ0n) is 20.2. The molecule has 18 heteroatoms. The molecular weight excluding hydrogens is 556 g/mol. The summed E-state index contributed by atoms with van der Waals surface area (Å²) in [6.07, 6.45) is 0.802. The molecule has 1 fully saturated rings. The number of oxime groups is 1. The maximum atomic E-state index is 13.0. The summed E-state index contributed by atoms with van der Waals surface area (Å²) in [5, 5.41) is 18.3. The zero-order valence-corrected chi connectivity index (χ0v) is 22.7. The van der Waals surface area contributed by atoms with E-state index < -0.39 is 29.2 Å². The number of carboxylic acids is 1. The summed E-state index contributed by atoms with van der Waals surface area (Å²) in [6, 6.07) is 0.554. The molecule has 4 rings (SSSR count). The quantitative estimate of drug-likeness (QED) is 0.0591. The van der Waals surface area contributed by atoms with Gasteiger partial charge >= 0.3 is 5.16 Å². The Labute approximate surface area is 229 Å². The van der Waals surface area contributed by atoms with Gasteiger partial charge < -0.3 is 37.3 Å². The van der Waals surface area contributed by atoms with Crippen molar-refractivity contribution >= 4 is 75.3 Å². The fraction of sp³-hybridized carbons (Fsp3) is 0.400. The van der Waals surface area contributed by atoms with Gasteiger partial charge in [-0.1, -0.05) is 17.1 Å². The minimum Gasteiger partial charge on any atom is -0.543 e. The van der Waals surface area contributed by atoms with Crippen LogP contribution in [0.15, 0.2) is 27.6 Å². The fourth-order valence-corrected chi connectivity index (χ4v) is 6.83. The van der Waals surface area contributed by atoms with Crippen LogP contribution in [-0.2, 0) is 25.8 Å². The molecule has 0 saturated carbocycles. The molecule has 2 unspecified atom stereocenters. The van der Waals surface area contributed by atoms with Crippen LogP contribution in [0.4, 0.5) is 16.8 Å². The number of carbonyl (C=O) groups is 3. The first-order chi connectivity index (χ1) is 18.2. The average molecular weight is 581 g/mol. The maximum absolute atomic E-state index is 13.0. The second-order valence-corrected chi connectivity index (χ2v) is 10.8. The number of nitrogens with one attached hydrogen (secondary N) is 1. The minimum atomic E-state index is -1.49. The van der Waals surface area contributed by atoms with E-state index in [2.05, 4.69) is 24.8 Å². The Morgan fingerprint density at radius 1 is 1.37 bits per heavy atom. The largest absolute Gasteiger partial charge is 0.543 e. The van der Waals surface area contributed by atoms with E-state index in [0.717, 1.165) is 22.9 Å². The molecule has 2 atom stereocenters. The summed E-state index contributed by atoms with van der Waals surface area (Å²) in [7, 11) is 1.24. The van der Waals surface area contributed by atoms with Crippen molar-refractivity contribution in [2.75, 3.05) is 35.8 Å². The van der Waals surface area contributed by atoms with Crippen molar-refractivity contribution < 1.29 is 28.9 Å². The number of hydrogen-bond donors (Lipinski definition) is 4. The molecule has 2 aliphatic heterocycles. The van der Waals surface area contributed by atoms with E-state index in [9.17, 15) is 19.5 Å². The fourth-order valence-electron chi connectivity index (χ4n) is 3.85. The van der Waals surface area contributed by atoms with Gasteiger partial charge in [0.2, 0.25) is 23.2 Å². The topological polar surface area (TPSA) is 232 Å². The van der Waals surface area contributed by atoms with Crippen molar-refractivity contribution in [3.05, 3.63) is 23.2 Å². The molecule has 0 bridgehead atoms. The first-order valence-electron chi connectivity index (χ1n) is 11.1. The predicted molar refractivity (Wildman–Crippen MR) is 139 cm³/mol. The number of aliphatic carboxylic acids is 1. The van der Waals surface area contributed by atoms with Crippen LogP contribution in [0.3, 0.4) is 0 Å². The van der Waals surface area contributed by atoms with E-state index in [4.69, 9.17) is 22.0 Å². The summed E-state index contributed by atoms with van der Waals surface area (Å²) in [6.45, 7) is 2.59. The van der Waals surface area contributed by atoms with Gasteiger partial charge in [0.1, 0.15) is 18.5 Å². The molecule has 2 amide bonds. The summed E-state index contributed by atoms with van der Waals surface area (Å²) >= 11 is 3.44. The van der Waals surface area contributed by atoms with Gasteiger partial charge in [0.05, 0.1) is 24.3 Å². The van der Waals surface area contributed by atoms with Crippen LogP contribution in [0.5, 0.6) is 0 Å². The van der Waals surface area contributed by atoms with Gasteiger partial charge in [-0.3, -0.25) is 14.5 Å². The molecule has 7 N–H and O–H groups in total. The Kier molecular flexibility index (Phi) is 8.22. The van der Waals surface area contributed by atoms with Crippen LogP contribution in [0.25, 0.3) is 0 Å². The molecule has 0 aliphatic carbocycles. The summed E-state index contributed by atoms with van der Waals surface area (Å²) in [4.78, 5) is 52.1. The molecule has 0 radical (unpaired) electrons. The standard InChI is InChI=1S/C20H24N10O5S3/c1-3-4-29-10(22)5-9(21)24-20(29)37-7-8-6-36-17-12(16(32)30(17)13(8)18(33)34)25-15(31)11(27-35-2)14-26-19(23)38-28-14/h5,12,17H,3-4,6-7H2,1-2H3,(H7,21,22,23,25,26,28,31,33,34)/b27-11-. The number of thioether (sulfide) groups is 2. The molecule has 202 valence electrons. The van der Waals surface area contributed by atoms with Crippen molar-refractivity contribution in [1.29, 1.82) is 0 Å². The Bertz CT molecular complexity index is 1350. The molecule has 0 spiro atoms. The van der Waals surface area contributed by atoms with Gasteiger partial charge in [0.25, 0.3) is 11.8 Å². The normalized spacial score (nSPS) is 19.2. The lowest BCUT2D eigenvalue weighted by Crippen LogP contribution is -2.71. The first-order valence-corrected chi connectivity index (χ1v) is 13.9. The summed E-state index contributed by atoms with van der Waals surface area (Å²) in [5.74, 6) is -1.74. The number of carbonyl (C=O) groups excluding carboxylic acids is 3. The highest BCUT2D eigenvalue weighted by Gasteiger charge is 2.53. The number of carboxylic acid groups (broad SMARTS) is 1. The SMILES string of the molecule is CCC[n+]1c(N)cc(N)nc1SCC1=C(C(=O)[O-])N2C(=O)C(NC(=O)/C(=N\OC)c3nsc(N)n3)C2SC1. The molecule has 1 saturated heterocycles. The average Bonchev–Trinajstić information content (AvgIpc) is 3.31. The number of fused-ring (bicyclic) bond motifs is 1. The highest BCUT2D eigenvalue weighted by Crippen LogP contribution is 2.41. The van der Waals surface area contributed by atoms with Crippen molar-refractivity contribution in [3.63, 3.8) is 0 Å². The predicted octanol–water partition coefficient (Wildman–Crippen LogP) is -2.08. The van der Waals surface area contributed by atoms with Crippen LogP contribution in [-0.4, -0.2) is 72.8 Å². The molecule has 2 aromatic rings. The molecule has 4 heterocycles. The number of nitrogens with zero attached hydrogens (tertiary/aromatic N) is 6. The summed E-state index contributed by atoms with van der Waals surface area (Å²) < 4.78 is 5.74. The van der Waals surface area contributed by atoms with E-state index in [0.29, 0.717) is 23.1 Å². The number of β-lactam (4-membered cyclic amide) rings is 1. The lowest BCUT2D eigenvalue weighted by atomic mass is 10.0. The number of aromatic nitrogens is 4. The molecule has 2 aliphatic rings. The van der Waals surface area contributed by atoms with E-state index in [1.54, 1.807) is 10.6 Å². The van der Waals surface area contributed by atoms with Gasteiger partial charge in [-0.2, -0.15) is 9.36 Å². The third-order valence-corrected chi connectivity index (χ3v) is 8.41. The third kappa shape index (κ3) is 5.32. The Morgan fingerprint density at radius 2 is 2.13 bits per heavy atom. The number of nitrogen functional groups attached to an aromatic ring is 3. The van der Waals surface area contributed by atoms with E-state index in [1.165, 1.54) is 30.6 Å². The number of amides is 2. The molecule has 15 nitrogen and oxygen atoms in total. The van der Waals surface area contributed by atoms with E-state index in [1.807, 2.05) is 6.92 Å². The van der Waals surface area contributed by atoms with E-state index in [-0.39, 0.29) is 39.7 Å². The molecule has 2 aromatic heterocycles. The second kappa shape index (κ2) is 11.4. The number of nitrogens with two attached hydrogens (primary N) is 3. The Hall–Kier alpha value is -3.64. The van der Waals surface area contributed by atoms with Crippen molar-refractivity contribution in [2.45, 2.75) is 36.5 Å². The highest BCUT2D eigenvalue weighted by atomic mass is 32.2. The number of hydrogen-bond acceptors (Lipinski definition) is 15. The van der Waals surface area contributed by atoms with Gasteiger partial charge in [-0.25, -0.2) is 4.57 Å². The van der Waals surface area contributed by atoms with Crippen molar-refractivity contribution in [2.24, 2.45) is 5.16 Å². The van der Waals surface area contributed by atoms with Gasteiger partial charge in [-0.15, -0.1) is 11.8 Å². The van der Waals surface area contributed by atoms with Crippen LogP contribution < -0.4 is 32.2 Å². The monoisotopic (exact) mass is 580 g/mol. The van der Waals surface area contributed by atoms with Gasteiger partial charge in [0.15, 0.2) is 5.13 Å². The van der Waals surface area contributed by atoms with Crippen LogP contribution in [0.1, 0.15) is 19.2 Å². The first kappa shape index (κ1) is 27.4. The number of rotatable bonds is 10. The molecule has 0 aromatic carbocycles. The van der Waals surface area contributed by atoms with Gasteiger partial charge in [0, 0.05) is 23.0 Å². The van der Waals surface area contributed by atoms with Crippen LogP contribution >= 0.6 is 35.1 Å². The number of anilines is 3. The van der Waals surface area contributed by atoms with Crippen molar-refractivity contribution in [3.8, 4) is 0 Å². The second-order valence-electron chi connectivity index (χ2n) is 8.01. The third-order valence-electron chi connectivity index (χ3n) is 5.46. The lowest BCUT2D eigenvalue weighted by molar-refractivity contribution is -0.723. The highest BCUT2D eigenvalue weighted by molar-refractivity contribution is 8.01. The Balaban J connectivity index is 1.52. The zero-order chi connectivity index (χ0) is 27.6. The molecule has 38 heavy (non-hydrogen) atoms. The van der Waals surface area contributed by atoms with Crippen molar-refractivity contribution in [1.82, 2.24) is 24.6 Å². The Morgan fingerprint density at radius 3 is 2.76 bits per heavy atom.